The van der Waals surface area contributed by atoms with E-state index in [1.807, 2.05) is 38.4 Å². The monoisotopic (exact) mass is 368 g/mol. The molecule has 0 unspecified atom stereocenters. The molecule has 0 bridgehead atoms. The summed E-state index contributed by atoms with van der Waals surface area (Å²) < 4.78 is 12.0. The van der Waals surface area contributed by atoms with Crippen molar-refractivity contribution < 1.29 is 13.9 Å². The zero-order valence-corrected chi connectivity index (χ0v) is 16.2. The van der Waals surface area contributed by atoms with Gasteiger partial charge in [0.15, 0.2) is 0 Å². The van der Waals surface area contributed by atoms with Gasteiger partial charge in [-0.1, -0.05) is 18.2 Å². The van der Waals surface area contributed by atoms with Crippen LogP contribution in [0.5, 0.6) is 5.75 Å². The van der Waals surface area contributed by atoms with Gasteiger partial charge in [-0.15, -0.1) is 0 Å². The van der Waals surface area contributed by atoms with Crippen molar-refractivity contribution >= 4 is 5.91 Å². The maximum Gasteiger partial charge on any atom is 0.222 e. The number of para-hydroxylation sites is 1. The summed E-state index contributed by atoms with van der Waals surface area (Å²) in [4.78, 5) is 16.5. The molecule has 2 aromatic rings. The van der Waals surface area contributed by atoms with Gasteiger partial charge in [0.2, 0.25) is 5.91 Å². The third kappa shape index (κ3) is 3.88. The second-order valence-corrected chi connectivity index (χ2v) is 8.07. The lowest BCUT2D eigenvalue weighted by atomic mass is 9.76. The molecular formula is C22H28N2O3. The molecule has 3 heterocycles. The largest absolute Gasteiger partial charge is 0.487 e. The van der Waals surface area contributed by atoms with Crippen LogP contribution in [-0.2, 0) is 11.3 Å². The van der Waals surface area contributed by atoms with Gasteiger partial charge < -0.3 is 14.1 Å². The third-order valence-corrected chi connectivity index (χ3v) is 5.95. The Labute approximate surface area is 160 Å². The van der Waals surface area contributed by atoms with Crippen LogP contribution in [0, 0.1) is 0 Å². The van der Waals surface area contributed by atoms with Crippen LogP contribution in [0.15, 0.2) is 47.1 Å². The molecule has 2 aliphatic heterocycles. The molecule has 1 fully saturated rings. The van der Waals surface area contributed by atoms with Gasteiger partial charge in [0.05, 0.1) is 12.8 Å². The standard InChI is InChI=1S/C22H28N2O3/c1-23(2)21(25)14-17-15-22(27-20-8-4-3-7-19(17)20)9-11-24(12-10-22)16-18-6-5-13-26-18/h3-8,13,17H,9-12,14-16H2,1-2H3/t17-/m0/s1. The fourth-order valence-corrected chi connectivity index (χ4v) is 4.37. The summed E-state index contributed by atoms with van der Waals surface area (Å²) in [6, 6.07) is 12.2. The van der Waals surface area contributed by atoms with Gasteiger partial charge in [0, 0.05) is 39.5 Å². The van der Waals surface area contributed by atoms with E-state index in [2.05, 4.69) is 17.0 Å². The number of ether oxygens (including phenoxy) is 1. The van der Waals surface area contributed by atoms with Crippen molar-refractivity contribution in [2.45, 2.75) is 43.7 Å². The highest BCUT2D eigenvalue weighted by Crippen LogP contribution is 2.46. The van der Waals surface area contributed by atoms with Crippen molar-refractivity contribution in [2.24, 2.45) is 0 Å². The summed E-state index contributed by atoms with van der Waals surface area (Å²) in [5, 5.41) is 0. The predicted octanol–water partition coefficient (Wildman–Crippen LogP) is 3.66. The molecule has 1 aromatic carbocycles. The van der Waals surface area contributed by atoms with Crippen LogP contribution in [0.3, 0.4) is 0 Å². The number of benzene rings is 1. The van der Waals surface area contributed by atoms with E-state index in [1.165, 1.54) is 5.56 Å². The number of amides is 1. The molecule has 0 N–H and O–H groups in total. The average molecular weight is 368 g/mol. The van der Waals surface area contributed by atoms with Gasteiger partial charge in [-0.2, -0.15) is 0 Å². The van der Waals surface area contributed by atoms with E-state index in [-0.39, 0.29) is 17.4 Å². The number of hydrogen-bond acceptors (Lipinski definition) is 4. The molecule has 0 aliphatic carbocycles. The lowest BCUT2D eigenvalue weighted by Crippen LogP contribution is -2.50. The average Bonchev–Trinajstić information content (AvgIpc) is 3.17. The SMILES string of the molecule is CN(C)C(=O)C[C@H]1CC2(CCN(Cc3ccco3)CC2)Oc2ccccc21. The third-order valence-electron chi connectivity index (χ3n) is 5.95. The number of fused-ring (bicyclic) bond motifs is 1. The highest BCUT2D eigenvalue weighted by molar-refractivity contribution is 5.76. The van der Waals surface area contributed by atoms with Crippen molar-refractivity contribution in [3.63, 3.8) is 0 Å². The van der Waals surface area contributed by atoms with E-state index in [9.17, 15) is 4.79 Å². The Hall–Kier alpha value is -2.27. The number of piperidine rings is 1. The van der Waals surface area contributed by atoms with Crippen LogP contribution in [-0.4, -0.2) is 48.5 Å². The van der Waals surface area contributed by atoms with Crippen LogP contribution in [0.2, 0.25) is 0 Å². The molecule has 1 spiro atoms. The lowest BCUT2D eigenvalue weighted by molar-refractivity contribution is -0.129. The van der Waals surface area contributed by atoms with E-state index in [1.54, 1.807) is 11.2 Å². The summed E-state index contributed by atoms with van der Waals surface area (Å²) in [5.41, 5.74) is 1.02. The molecule has 1 amide bonds. The van der Waals surface area contributed by atoms with E-state index in [4.69, 9.17) is 9.15 Å². The highest BCUT2D eigenvalue weighted by Gasteiger charge is 2.43. The number of likely N-dealkylation sites (tertiary alicyclic amines) is 1. The Kier molecular flexibility index (Phi) is 4.96. The second kappa shape index (κ2) is 7.39. The quantitative estimate of drug-likeness (QED) is 0.826. The van der Waals surface area contributed by atoms with Crippen LogP contribution in [0.4, 0.5) is 0 Å². The number of carbonyl (C=O) groups is 1. The molecule has 1 aromatic heterocycles. The molecule has 2 aliphatic rings. The first kappa shape index (κ1) is 18.1. The molecule has 144 valence electrons. The van der Waals surface area contributed by atoms with Crippen molar-refractivity contribution in [1.29, 1.82) is 0 Å². The molecule has 0 radical (unpaired) electrons. The molecular weight excluding hydrogens is 340 g/mol. The Bertz CT molecular complexity index is 777. The zero-order valence-electron chi connectivity index (χ0n) is 16.2. The van der Waals surface area contributed by atoms with Gasteiger partial charge in [0.25, 0.3) is 0 Å². The minimum atomic E-state index is -0.161. The molecule has 5 heteroatoms. The first-order valence-corrected chi connectivity index (χ1v) is 9.77. The molecule has 1 atom stereocenters. The summed E-state index contributed by atoms with van der Waals surface area (Å²) in [6.07, 6.45) is 5.15. The number of carbonyl (C=O) groups excluding carboxylic acids is 1. The zero-order chi connectivity index (χ0) is 18.9. The van der Waals surface area contributed by atoms with E-state index in [0.717, 1.165) is 50.4 Å². The number of hydrogen-bond donors (Lipinski definition) is 0. The smallest absolute Gasteiger partial charge is 0.222 e. The van der Waals surface area contributed by atoms with Crippen LogP contribution in [0.1, 0.15) is 42.9 Å². The summed E-state index contributed by atoms with van der Waals surface area (Å²) in [6.45, 7) is 2.82. The molecule has 0 saturated carbocycles. The van der Waals surface area contributed by atoms with E-state index >= 15 is 0 Å². The van der Waals surface area contributed by atoms with Crippen LogP contribution < -0.4 is 4.74 Å². The molecule has 1 saturated heterocycles. The van der Waals surface area contributed by atoms with E-state index < -0.39 is 0 Å². The van der Waals surface area contributed by atoms with Crippen LogP contribution in [0.25, 0.3) is 0 Å². The minimum Gasteiger partial charge on any atom is -0.487 e. The van der Waals surface area contributed by atoms with Crippen LogP contribution >= 0.6 is 0 Å². The predicted molar refractivity (Wildman–Crippen MR) is 104 cm³/mol. The van der Waals surface area contributed by atoms with Crippen molar-refractivity contribution in [3.8, 4) is 5.75 Å². The number of furan rings is 1. The lowest BCUT2D eigenvalue weighted by Gasteiger charge is -2.47. The normalized spacial score (nSPS) is 21.5. The van der Waals surface area contributed by atoms with Crippen molar-refractivity contribution in [2.75, 3.05) is 27.2 Å². The Morgan fingerprint density at radius 2 is 1.96 bits per heavy atom. The minimum absolute atomic E-state index is 0.161. The first-order valence-electron chi connectivity index (χ1n) is 9.77. The number of rotatable bonds is 4. The van der Waals surface area contributed by atoms with Gasteiger partial charge in [-0.05, 0) is 43.0 Å². The van der Waals surface area contributed by atoms with Crippen molar-refractivity contribution in [3.05, 3.63) is 54.0 Å². The fourth-order valence-electron chi connectivity index (χ4n) is 4.37. The van der Waals surface area contributed by atoms with Gasteiger partial charge in [0.1, 0.15) is 17.1 Å². The Morgan fingerprint density at radius 1 is 1.19 bits per heavy atom. The van der Waals surface area contributed by atoms with Gasteiger partial charge in [-0.25, -0.2) is 0 Å². The highest BCUT2D eigenvalue weighted by atomic mass is 16.5. The topological polar surface area (TPSA) is 45.9 Å². The maximum atomic E-state index is 12.4. The fraction of sp³-hybridized carbons (Fsp3) is 0.500. The first-order chi connectivity index (χ1) is 13.0. The summed E-state index contributed by atoms with van der Waals surface area (Å²) in [5.74, 6) is 2.37. The van der Waals surface area contributed by atoms with Gasteiger partial charge >= 0.3 is 0 Å². The summed E-state index contributed by atoms with van der Waals surface area (Å²) in [7, 11) is 3.66. The van der Waals surface area contributed by atoms with E-state index in [0.29, 0.717) is 6.42 Å². The van der Waals surface area contributed by atoms with Crippen molar-refractivity contribution in [1.82, 2.24) is 9.80 Å². The maximum absolute atomic E-state index is 12.4. The Balaban J connectivity index is 1.48. The molecule has 27 heavy (non-hydrogen) atoms. The molecule has 4 rings (SSSR count). The number of nitrogens with zero attached hydrogens (tertiary/aromatic N) is 2. The summed E-state index contributed by atoms with van der Waals surface area (Å²) >= 11 is 0. The Morgan fingerprint density at radius 3 is 2.67 bits per heavy atom. The second-order valence-electron chi connectivity index (χ2n) is 8.07. The molecule has 5 nitrogen and oxygen atoms in total. The van der Waals surface area contributed by atoms with Gasteiger partial charge in [-0.3, -0.25) is 9.69 Å².